The van der Waals surface area contributed by atoms with Gasteiger partial charge in [0.15, 0.2) is 0 Å². The lowest BCUT2D eigenvalue weighted by atomic mass is 9.80. The van der Waals surface area contributed by atoms with Crippen LogP contribution in [0.5, 0.6) is 0 Å². The van der Waals surface area contributed by atoms with Crippen molar-refractivity contribution in [2.45, 2.75) is 19.3 Å². The number of halogens is 2. The van der Waals surface area contributed by atoms with Gasteiger partial charge in [-0.1, -0.05) is 6.07 Å². The maximum Gasteiger partial charge on any atom is 0.228 e. The van der Waals surface area contributed by atoms with Crippen LogP contribution in [0.3, 0.4) is 0 Å². The summed E-state index contributed by atoms with van der Waals surface area (Å²) in [5, 5.41) is 0. The number of anilines is 1. The number of para-hydroxylation sites is 1. The summed E-state index contributed by atoms with van der Waals surface area (Å²) in [6.45, 7) is 3.34. The summed E-state index contributed by atoms with van der Waals surface area (Å²) in [5.41, 5.74) is -0.493. The second kappa shape index (κ2) is 7.75. The van der Waals surface area contributed by atoms with E-state index in [1.807, 2.05) is 0 Å². The molecule has 0 aliphatic carbocycles. The zero-order valence-electron chi connectivity index (χ0n) is 15.7. The van der Waals surface area contributed by atoms with Crippen molar-refractivity contribution in [1.29, 1.82) is 0 Å². The van der Waals surface area contributed by atoms with Crippen molar-refractivity contribution in [1.82, 2.24) is 4.90 Å². The van der Waals surface area contributed by atoms with Crippen LogP contribution in [0.1, 0.15) is 19.3 Å². The summed E-state index contributed by atoms with van der Waals surface area (Å²) in [6.07, 6.45) is 1.61. The van der Waals surface area contributed by atoms with Crippen LogP contribution in [0.4, 0.5) is 14.5 Å². The summed E-state index contributed by atoms with van der Waals surface area (Å²) < 4.78 is 39.4. The topological polar surface area (TPSA) is 59.1 Å². The molecular weight excluding hydrogens is 370 g/mol. The fraction of sp³-hybridized carbons (Fsp3) is 0.600. The van der Waals surface area contributed by atoms with E-state index in [0.29, 0.717) is 39.5 Å². The molecule has 8 heteroatoms. The van der Waals surface area contributed by atoms with E-state index in [0.717, 1.165) is 29.9 Å². The van der Waals surface area contributed by atoms with Crippen molar-refractivity contribution < 1.29 is 27.8 Å². The molecule has 2 amide bonds. The third-order valence-corrected chi connectivity index (χ3v) is 5.99. The molecule has 1 atom stereocenters. The maximum absolute atomic E-state index is 14.1. The highest BCUT2D eigenvalue weighted by atomic mass is 19.1. The Morgan fingerprint density at radius 1 is 1.11 bits per heavy atom. The van der Waals surface area contributed by atoms with Crippen LogP contribution in [0.2, 0.25) is 0 Å². The lowest BCUT2D eigenvalue weighted by Gasteiger charge is -2.38. The molecular formula is C20H24F2N2O4. The van der Waals surface area contributed by atoms with Crippen molar-refractivity contribution in [2.24, 2.45) is 11.3 Å². The van der Waals surface area contributed by atoms with E-state index in [1.165, 1.54) is 6.07 Å². The van der Waals surface area contributed by atoms with Gasteiger partial charge in [-0.3, -0.25) is 9.59 Å². The van der Waals surface area contributed by atoms with Gasteiger partial charge in [0.05, 0.1) is 19.1 Å². The van der Waals surface area contributed by atoms with E-state index in [-0.39, 0.29) is 30.0 Å². The molecule has 3 aliphatic heterocycles. The molecule has 0 bridgehead atoms. The summed E-state index contributed by atoms with van der Waals surface area (Å²) in [5.74, 6) is -2.80. The van der Waals surface area contributed by atoms with Gasteiger partial charge in [-0.15, -0.1) is 0 Å². The number of hydrogen-bond donors (Lipinski definition) is 0. The first-order chi connectivity index (χ1) is 13.5. The Morgan fingerprint density at radius 2 is 1.82 bits per heavy atom. The van der Waals surface area contributed by atoms with Crippen LogP contribution in [0.15, 0.2) is 18.2 Å². The van der Waals surface area contributed by atoms with Gasteiger partial charge in [-0.05, 0) is 25.0 Å². The molecule has 3 saturated heterocycles. The summed E-state index contributed by atoms with van der Waals surface area (Å²) in [4.78, 5) is 28.4. The second-order valence-electron chi connectivity index (χ2n) is 7.90. The Labute approximate surface area is 162 Å². The lowest BCUT2D eigenvalue weighted by Crippen LogP contribution is -2.46. The van der Waals surface area contributed by atoms with Crippen LogP contribution in [-0.4, -0.2) is 62.8 Å². The molecule has 6 nitrogen and oxygen atoms in total. The molecule has 152 valence electrons. The standard InChI is InChI=1S/C20H24F2N2O4/c21-15-2-1-3-16(22)18(15)24-11-14(10-17(24)25)19(26)23-6-9-28-13-20(12-23)4-7-27-8-5-20/h1-3,14H,4-13H2. The normalized spacial score (nSPS) is 25.2. The third-order valence-electron chi connectivity index (χ3n) is 5.99. The molecule has 1 aromatic carbocycles. The zero-order chi connectivity index (χ0) is 19.7. The number of ether oxygens (including phenoxy) is 2. The van der Waals surface area contributed by atoms with Crippen LogP contribution < -0.4 is 4.90 Å². The number of amides is 2. The van der Waals surface area contributed by atoms with E-state index < -0.39 is 23.5 Å². The lowest BCUT2D eigenvalue weighted by molar-refractivity contribution is -0.137. The van der Waals surface area contributed by atoms with Gasteiger partial charge < -0.3 is 19.3 Å². The van der Waals surface area contributed by atoms with E-state index in [1.54, 1.807) is 4.90 Å². The first-order valence-electron chi connectivity index (χ1n) is 9.68. The Bertz CT molecular complexity index is 746. The van der Waals surface area contributed by atoms with Gasteiger partial charge in [0.25, 0.3) is 0 Å². The molecule has 0 N–H and O–H groups in total. The molecule has 3 heterocycles. The van der Waals surface area contributed by atoms with Gasteiger partial charge in [0, 0.05) is 44.7 Å². The number of rotatable bonds is 2. The minimum Gasteiger partial charge on any atom is -0.381 e. The van der Waals surface area contributed by atoms with E-state index in [2.05, 4.69) is 0 Å². The fourth-order valence-corrected chi connectivity index (χ4v) is 4.38. The van der Waals surface area contributed by atoms with Crippen LogP contribution in [-0.2, 0) is 19.1 Å². The first-order valence-corrected chi connectivity index (χ1v) is 9.68. The number of carbonyl (C=O) groups is 2. The minimum atomic E-state index is -0.800. The Hall–Kier alpha value is -2.06. The van der Waals surface area contributed by atoms with Gasteiger partial charge in [0.2, 0.25) is 11.8 Å². The van der Waals surface area contributed by atoms with Crippen LogP contribution in [0.25, 0.3) is 0 Å². The molecule has 3 aliphatic rings. The largest absolute Gasteiger partial charge is 0.381 e. The van der Waals surface area contributed by atoms with Gasteiger partial charge >= 0.3 is 0 Å². The summed E-state index contributed by atoms with van der Waals surface area (Å²) in [6, 6.07) is 3.48. The van der Waals surface area contributed by atoms with E-state index in [4.69, 9.17) is 9.47 Å². The molecule has 0 saturated carbocycles. The molecule has 0 aromatic heterocycles. The Morgan fingerprint density at radius 3 is 2.54 bits per heavy atom. The molecule has 1 spiro atoms. The van der Waals surface area contributed by atoms with Gasteiger partial charge in [-0.25, -0.2) is 8.78 Å². The number of nitrogens with zero attached hydrogens (tertiary/aromatic N) is 2. The van der Waals surface area contributed by atoms with Crippen molar-refractivity contribution in [3.63, 3.8) is 0 Å². The van der Waals surface area contributed by atoms with Gasteiger partial charge in [-0.2, -0.15) is 0 Å². The average molecular weight is 394 g/mol. The van der Waals surface area contributed by atoms with Crippen molar-refractivity contribution in [3.05, 3.63) is 29.8 Å². The van der Waals surface area contributed by atoms with E-state index in [9.17, 15) is 18.4 Å². The molecule has 3 fully saturated rings. The maximum atomic E-state index is 14.1. The third kappa shape index (κ3) is 3.63. The van der Waals surface area contributed by atoms with Crippen LogP contribution >= 0.6 is 0 Å². The Kier molecular flexibility index (Phi) is 5.33. The highest BCUT2D eigenvalue weighted by Crippen LogP contribution is 2.35. The van der Waals surface area contributed by atoms with Crippen molar-refractivity contribution in [3.8, 4) is 0 Å². The Balaban J connectivity index is 1.50. The first kappa shape index (κ1) is 19.3. The summed E-state index contributed by atoms with van der Waals surface area (Å²) in [7, 11) is 0. The molecule has 1 unspecified atom stereocenters. The molecule has 1 aromatic rings. The molecule has 4 rings (SSSR count). The van der Waals surface area contributed by atoms with Crippen molar-refractivity contribution in [2.75, 3.05) is 51.0 Å². The minimum absolute atomic E-state index is 0.0109. The smallest absolute Gasteiger partial charge is 0.228 e. The zero-order valence-corrected chi connectivity index (χ0v) is 15.7. The highest BCUT2D eigenvalue weighted by Gasteiger charge is 2.43. The van der Waals surface area contributed by atoms with E-state index >= 15 is 0 Å². The monoisotopic (exact) mass is 394 g/mol. The fourth-order valence-electron chi connectivity index (χ4n) is 4.38. The predicted molar refractivity (Wildman–Crippen MR) is 96.7 cm³/mol. The SMILES string of the molecule is O=C(C1CC(=O)N(c2c(F)cccc2F)C1)N1CCOCC2(CCOCC2)C1. The number of hydrogen-bond acceptors (Lipinski definition) is 4. The van der Waals surface area contributed by atoms with Gasteiger partial charge in [0.1, 0.15) is 17.3 Å². The average Bonchev–Trinajstić information content (AvgIpc) is 2.93. The molecule has 0 radical (unpaired) electrons. The second-order valence-corrected chi connectivity index (χ2v) is 7.90. The van der Waals surface area contributed by atoms with Crippen LogP contribution in [0, 0.1) is 23.0 Å². The summed E-state index contributed by atoms with van der Waals surface area (Å²) >= 11 is 0. The quantitative estimate of drug-likeness (QED) is 0.770. The number of carbonyl (C=O) groups excluding carboxylic acids is 2. The van der Waals surface area contributed by atoms with Crippen molar-refractivity contribution >= 4 is 17.5 Å². The highest BCUT2D eigenvalue weighted by molar-refractivity contribution is 6.00. The molecule has 28 heavy (non-hydrogen) atoms. The number of benzene rings is 1. The predicted octanol–water partition coefficient (Wildman–Crippen LogP) is 1.97.